The van der Waals surface area contributed by atoms with Gasteiger partial charge in [-0.1, -0.05) is 12.1 Å². The zero-order valence-corrected chi connectivity index (χ0v) is 10.1. The zero-order chi connectivity index (χ0) is 11.8. The average molecular weight is 242 g/mol. The summed E-state index contributed by atoms with van der Waals surface area (Å²) in [7, 11) is 1.46. The summed E-state index contributed by atoms with van der Waals surface area (Å²) in [6.07, 6.45) is 1.92. The van der Waals surface area contributed by atoms with Gasteiger partial charge in [0.25, 0.3) is 0 Å². The quantitative estimate of drug-likeness (QED) is 0.565. The van der Waals surface area contributed by atoms with Crippen molar-refractivity contribution in [2.24, 2.45) is 0 Å². The van der Waals surface area contributed by atoms with Crippen LogP contribution in [0.1, 0.15) is 10.4 Å². The van der Waals surface area contributed by atoms with Crippen molar-refractivity contribution in [1.82, 2.24) is 0 Å². The van der Waals surface area contributed by atoms with Gasteiger partial charge < -0.3 is 14.2 Å². The molecule has 0 heterocycles. The zero-order valence-electron chi connectivity index (χ0n) is 9.26. The number of para-hydroxylation sites is 1. The summed E-state index contributed by atoms with van der Waals surface area (Å²) in [6.45, 7) is -0.0598. The monoisotopic (exact) mass is 242 g/mol. The maximum Gasteiger partial charge on any atom is 0.344 e. The molecule has 0 aliphatic heterocycles. The van der Waals surface area contributed by atoms with Crippen molar-refractivity contribution in [2.75, 3.05) is 26.1 Å². The Hall–Kier alpha value is -1.20. The molecule has 0 unspecified atom stereocenters. The standard InChI is InChI=1S/C11H14O4S/c1-13-7-14-11(12)9-5-3-4-6-10(9)15-8-16-2/h3-6H,7-8H2,1-2H3. The van der Waals surface area contributed by atoms with E-state index in [0.717, 1.165) is 0 Å². The molecule has 1 rings (SSSR count). The fourth-order valence-corrected chi connectivity index (χ4v) is 1.32. The second-order valence-corrected chi connectivity index (χ2v) is 3.70. The lowest BCUT2D eigenvalue weighted by molar-refractivity contribution is -0.0127. The van der Waals surface area contributed by atoms with Gasteiger partial charge >= 0.3 is 5.97 Å². The summed E-state index contributed by atoms with van der Waals surface area (Å²) in [6, 6.07) is 6.96. The van der Waals surface area contributed by atoms with Gasteiger partial charge in [0.15, 0.2) is 6.79 Å². The van der Waals surface area contributed by atoms with Crippen LogP contribution in [0.5, 0.6) is 5.75 Å². The Balaban J connectivity index is 2.73. The van der Waals surface area contributed by atoms with Crippen LogP contribution in [0.4, 0.5) is 0 Å². The number of methoxy groups -OCH3 is 1. The van der Waals surface area contributed by atoms with Crippen molar-refractivity contribution in [3.63, 3.8) is 0 Å². The largest absolute Gasteiger partial charge is 0.482 e. The Labute approximate surface area is 98.9 Å². The Morgan fingerprint density at radius 1 is 1.38 bits per heavy atom. The van der Waals surface area contributed by atoms with Gasteiger partial charge in [-0.3, -0.25) is 0 Å². The third-order valence-electron chi connectivity index (χ3n) is 1.75. The molecule has 0 spiro atoms. The first kappa shape index (κ1) is 12.9. The molecule has 0 aliphatic rings. The van der Waals surface area contributed by atoms with E-state index in [1.165, 1.54) is 18.9 Å². The van der Waals surface area contributed by atoms with Crippen molar-refractivity contribution >= 4 is 17.7 Å². The molecule has 0 bridgehead atoms. The number of thioether (sulfide) groups is 1. The number of ether oxygens (including phenoxy) is 3. The average Bonchev–Trinajstić information content (AvgIpc) is 2.33. The van der Waals surface area contributed by atoms with Crippen LogP contribution in [0.15, 0.2) is 24.3 Å². The van der Waals surface area contributed by atoms with E-state index in [-0.39, 0.29) is 6.79 Å². The summed E-state index contributed by atoms with van der Waals surface area (Å²) in [5.41, 5.74) is 0.411. The fourth-order valence-electron chi connectivity index (χ4n) is 1.07. The molecule has 4 nitrogen and oxygen atoms in total. The molecule has 5 heteroatoms. The number of carbonyl (C=O) groups excluding carboxylic acids is 1. The normalized spacial score (nSPS) is 9.88. The van der Waals surface area contributed by atoms with Crippen LogP contribution in [-0.4, -0.2) is 32.1 Å². The van der Waals surface area contributed by atoms with Gasteiger partial charge in [0, 0.05) is 7.11 Å². The lowest BCUT2D eigenvalue weighted by atomic mass is 10.2. The second-order valence-electron chi connectivity index (χ2n) is 2.89. The smallest absolute Gasteiger partial charge is 0.344 e. The van der Waals surface area contributed by atoms with E-state index in [2.05, 4.69) is 4.74 Å². The second kappa shape index (κ2) is 7.14. The predicted molar refractivity (Wildman–Crippen MR) is 62.7 cm³/mol. The van der Waals surface area contributed by atoms with Crippen molar-refractivity contribution in [3.05, 3.63) is 29.8 Å². The Bertz CT molecular complexity index is 341. The van der Waals surface area contributed by atoms with Crippen LogP contribution in [0, 0.1) is 0 Å². The van der Waals surface area contributed by atoms with Crippen molar-refractivity contribution < 1.29 is 19.0 Å². The molecule has 0 radical (unpaired) electrons. The highest BCUT2D eigenvalue weighted by molar-refractivity contribution is 7.98. The van der Waals surface area contributed by atoms with Gasteiger partial charge in [-0.25, -0.2) is 4.79 Å². The van der Waals surface area contributed by atoms with E-state index in [9.17, 15) is 4.79 Å². The summed E-state index contributed by atoms with van der Waals surface area (Å²) in [5, 5.41) is 0. The summed E-state index contributed by atoms with van der Waals surface area (Å²) >= 11 is 1.54. The molecule has 88 valence electrons. The highest BCUT2D eigenvalue weighted by Gasteiger charge is 2.12. The first-order valence-corrected chi connectivity index (χ1v) is 6.05. The third kappa shape index (κ3) is 3.75. The molecule has 1 aromatic carbocycles. The van der Waals surface area contributed by atoms with Crippen molar-refractivity contribution in [2.45, 2.75) is 0 Å². The van der Waals surface area contributed by atoms with E-state index < -0.39 is 5.97 Å². The summed E-state index contributed by atoms with van der Waals surface area (Å²) in [5.74, 6) is 0.575. The van der Waals surface area contributed by atoms with Gasteiger partial charge in [0.05, 0.1) is 0 Å². The molecule has 0 saturated heterocycles. The van der Waals surface area contributed by atoms with E-state index in [0.29, 0.717) is 17.3 Å². The van der Waals surface area contributed by atoms with Crippen LogP contribution in [0.2, 0.25) is 0 Å². The van der Waals surface area contributed by atoms with E-state index in [4.69, 9.17) is 9.47 Å². The summed E-state index contributed by atoms with van der Waals surface area (Å²) < 4.78 is 14.9. The molecule has 0 saturated carbocycles. The van der Waals surface area contributed by atoms with Crippen LogP contribution >= 0.6 is 11.8 Å². The minimum Gasteiger partial charge on any atom is -0.482 e. The molecule has 0 fully saturated rings. The number of hydrogen-bond donors (Lipinski definition) is 0. The minimum absolute atomic E-state index is 0.0598. The number of esters is 1. The highest BCUT2D eigenvalue weighted by atomic mass is 32.2. The molecule has 0 atom stereocenters. The Kier molecular flexibility index (Phi) is 5.74. The van der Waals surface area contributed by atoms with Crippen LogP contribution in [0.25, 0.3) is 0 Å². The Morgan fingerprint density at radius 3 is 2.81 bits per heavy atom. The maximum atomic E-state index is 11.6. The molecule has 0 aromatic heterocycles. The van der Waals surface area contributed by atoms with Crippen LogP contribution in [-0.2, 0) is 9.47 Å². The van der Waals surface area contributed by atoms with Gasteiger partial charge in [0.2, 0.25) is 0 Å². The SMILES string of the molecule is COCOC(=O)c1ccccc1OCSC. The fraction of sp³-hybridized carbons (Fsp3) is 0.364. The first-order valence-electron chi connectivity index (χ1n) is 4.66. The van der Waals surface area contributed by atoms with E-state index in [1.807, 2.05) is 12.3 Å². The minimum atomic E-state index is -0.446. The molecule has 0 amide bonds. The summed E-state index contributed by atoms with van der Waals surface area (Å²) in [4.78, 5) is 11.6. The number of rotatable bonds is 6. The first-order chi connectivity index (χ1) is 7.79. The molecule has 1 aromatic rings. The number of hydrogen-bond acceptors (Lipinski definition) is 5. The Morgan fingerprint density at radius 2 is 2.12 bits per heavy atom. The van der Waals surface area contributed by atoms with Gasteiger partial charge in [0.1, 0.15) is 17.3 Å². The third-order valence-corrected chi connectivity index (χ3v) is 2.10. The van der Waals surface area contributed by atoms with Crippen molar-refractivity contribution in [1.29, 1.82) is 0 Å². The number of carbonyl (C=O) groups is 1. The number of benzene rings is 1. The maximum absolute atomic E-state index is 11.6. The molecule has 0 N–H and O–H groups in total. The van der Waals surface area contributed by atoms with Crippen LogP contribution < -0.4 is 4.74 Å². The van der Waals surface area contributed by atoms with Crippen molar-refractivity contribution in [3.8, 4) is 5.75 Å². The lowest BCUT2D eigenvalue weighted by Crippen LogP contribution is -2.09. The van der Waals surface area contributed by atoms with Gasteiger partial charge in [-0.15, -0.1) is 11.8 Å². The van der Waals surface area contributed by atoms with Crippen LogP contribution in [0.3, 0.4) is 0 Å². The van der Waals surface area contributed by atoms with E-state index in [1.54, 1.807) is 18.2 Å². The topological polar surface area (TPSA) is 44.8 Å². The van der Waals surface area contributed by atoms with E-state index >= 15 is 0 Å². The molecular weight excluding hydrogens is 228 g/mol. The lowest BCUT2D eigenvalue weighted by Gasteiger charge is -2.09. The predicted octanol–water partition coefficient (Wildman–Crippen LogP) is 2.15. The molecule has 16 heavy (non-hydrogen) atoms. The van der Waals surface area contributed by atoms with Gasteiger partial charge in [-0.2, -0.15) is 0 Å². The molecular formula is C11H14O4S. The highest BCUT2D eigenvalue weighted by Crippen LogP contribution is 2.19. The van der Waals surface area contributed by atoms with Gasteiger partial charge in [-0.05, 0) is 18.4 Å². The molecule has 0 aliphatic carbocycles.